The Kier molecular flexibility index (Phi) is 3.71. The highest BCUT2D eigenvalue weighted by Gasteiger charge is 2.26. The molecule has 3 N–H and O–H groups in total. The molecule has 1 aliphatic heterocycles. The summed E-state index contributed by atoms with van der Waals surface area (Å²) in [4.78, 5) is 2.32. The van der Waals surface area contributed by atoms with Crippen LogP contribution in [0.1, 0.15) is 17.2 Å². The number of fused-ring (bicyclic) bond motifs is 1. The van der Waals surface area contributed by atoms with E-state index in [9.17, 15) is 5.11 Å². The molecule has 0 radical (unpaired) electrons. The minimum Gasteiger partial charge on any atom is -0.504 e. The van der Waals surface area contributed by atoms with Crippen molar-refractivity contribution < 1.29 is 9.84 Å². The summed E-state index contributed by atoms with van der Waals surface area (Å²) >= 11 is 0. The van der Waals surface area contributed by atoms with Crippen molar-refractivity contribution in [2.75, 3.05) is 25.1 Å². The lowest BCUT2D eigenvalue weighted by Crippen LogP contribution is -2.32. The summed E-state index contributed by atoms with van der Waals surface area (Å²) in [7, 11) is 1.55. The minimum absolute atomic E-state index is 0.0606. The molecule has 0 spiro atoms. The van der Waals surface area contributed by atoms with Crippen LogP contribution in [0.2, 0.25) is 0 Å². The van der Waals surface area contributed by atoms with Crippen LogP contribution in [-0.4, -0.2) is 25.3 Å². The molecule has 0 bridgehead atoms. The summed E-state index contributed by atoms with van der Waals surface area (Å²) in [5.74, 6) is 0.636. The van der Waals surface area contributed by atoms with Crippen molar-refractivity contribution in [3.8, 4) is 11.5 Å². The van der Waals surface area contributed by atoms with Crippen molar-refractivity contribution in [3.63, 3.8) is 0 Å². The van der Waals surface area contributed by atoms with Crippen LogP contribution in [0.15, 0.2) is 42.5 Å². The summed E-state index contributed by atoms with van der Waals surface area (Å²) in [6, 6.07) is 14.0. The average molecular weight is 284 g/mol. The number of phenols is 1. The van der Waals surface area contributed by atoms with Gasteiger partial charge in [-0.3, -0.25) is 0 Å². The molecule has 0 saturated heterocycles. The monoisotopic (exact) mass is 284 g/mol. The molecule has 0 aliphatic carbocycles. The fourth-order valence-corrected chi connectivity index (χ4v) is 3.05. The fourth-order valence-electron chi connectivity index (χ4n) is 3.05. The lowest BCUT2D eigenvalue weighted by Gasteiger charge is -2.30. The molecule has 1 aliphatic rings. The molecule has 4 heteroatoms. The van der Waals surface area contributed by atoms with Crippen LogP contribution >= 0.6 is 0 Å². The van der Waals surface area contributed by atoms with E-state index in [4.69, 9.17) is 10.5 Å². The van der Waals surface area contributed by atoms with Crippen molar-refractivity contribution in [1.29, 1.82) is 0 Å². The van der Waals surface area contributed by atoms with E-state index >= 15 is 0 Å². The van der Waals surface area contributed by atoms with Gasteiger partial charge in [-0.15, -0.1) is 0 Å². The number of hydrogen-bond donors (Lipinski definition) is 2. The van der Waals surface area contributed by atoms with Gasteiger partial charge >= 0.3 is 0 Å². The molecule has 1 heterocycles. The third-order valence-corrected chi connectivity index (χ3v) is 4.11. The zero-order valence-corrected chi connectivity index (χ0v) is 12.1. The molecular formula is C17H20N2O2. The van der Waals surface area contributed by atoms with Crippen LogP contribution in [0, 0.1) is 0 Å². The molecule has 1 unspecified atom stereocenters. The Morgan fingerprint density at radius 1 is 1.29 bits per heavy atom. The second-order valence-electron chi connectivity index (χ2n) is 5.25. The van der Waals surface area contributed by atoms with E-state index in [1.807, 2.05) is 6.07 Å². The van der Waals surface area contributed by atoms with Gasteiger partial charge in [0, 0.05) is 18.8 Å². The molecule has 2 aromatic carbocycles. The highest BCUT2D eigenvalue weighted by Crippen LogP contribution is 2.37. The zero-order valence-electron chi connectivity index (χ0n) is 12.1. The van der Waals surface area contributed by atoms with Crippen molar-refractivity contribution in [1.82, 2.24) is 0 Å². The maximum absolute atomic E-state index is 9.99. The van der Waals surface area contributed by atoms with Crippen molar-refractivity contribution in [2.45, 2.75) is 12.5 Å². The Morgan fingerprint density at radius 3 is 2.81 bits per heavy atom. The highest BCUT2D eigenvalue weighted by atomic mass is 16.5. The summed E-state index contributed by atoms with van der Waals surface area (Å²) < 4.78 is 5.10. The Bertz CT molecular complexity index is 642. The second-order valence-corrected chi connectivity index (χ2v) is 5.25. The number of nitrogens with zero attached hydrogens (tertiary/aromatic N) is 1. The van der Waals surface area contributed by atoms with E-state index in [0.29, 0.717) is 12.3 Å². The summed E-state index contributed by atoms with van der Waals surface area (Å²) in [5, 5.41) is 9.99. The number of hydrogen-bond acceptors (Lipinski definition) is 4. The predicted octanol–water partition coefficient (Wildman–Crippen LogP) is 2.46. The molecule has 0 aromatic heterocycles. The lowest BCUT2D eigenvalue weighted by atomic mass is 10.0. The molecular weight excluding hydrogens is 264 g/mol. The maximum atomic E-state index is 9.99. The first-order chi connectivity index (χ1) is 10.2. The molecule has 0 fully saturated rings. The van der Waals surface area contributed by atoms with Gasteiger partial charge in [-0.25, -0.2) is 0 Å². The quantitative estimate of drug-likeness (QED) is 0.905. The summed E-state index contributed by atoms with van der Waals surface area (Å²) in [6.45, 7) is 1.45. The van der Waals surface area contributed by atoms with Gasteiger partial charge in [0.15, 0.2) is 11.5 Å². The van der Waals surface area contributed by atoms with Gasteiger partial charge in [0.1, 0.15) is 0 Å². The van der Waals surface area contributed by atoms with Crippen molar-refractivity contribution in [2.24, 2.45) is 5.73 Å². The standard InChI is InChI=1S/C17H20N2O2/c1-21-17-7-6-13(10-16(17)20)15(11-18)19-9-8-12-4-2-3-5-14(12)19/h2-7,10,15,20H,8-9,11,18H2,1H3. The second kappa shape index (κ2) is 5.66. The van der Waals surface area contributed by atoms with Gasteiger partial charge in [0.25, 0.3) is 0 Å². The van der Waals surface area contributed by atoms with Gasteiger partial charge in [0.2, 0.25) is 0 Å². The first-order valence-electron chi connectivity index (χ1n) is 7.16. The fraction of sp³-hybridized carbons (Fsp3) is 0.294. The molecule has 0 saturated carbocycles. The number of phenolic OH excluding ortho intramolecular Hbond substituents is 1. The first-order valence-corrected chi connectivity index (χ1v) is 7.16. The normalized spacial score (nSPS) is 14.9. The van der Waals surface area contributed by atoms with Crippen LogP contribution in [0.3, 0.4) is 0 Å². The molecule has 0 amide bonds. The molecule has 3 rings (SSSR count). The maximum Gasteiger partial charge on any atom is 0.160 e. The number of ether oxygens (including phenoxy) is 1. The number of methoxy groups -OCH3 is 1. The average Bonchev–Trinajstić information content (AvgIpc) is 2.93. The first kappa shape index (κ1) is 13.8. The highest BCUT2D eigenvalue weighted by molar-refractivity contribution is 5.60. The topological polar surface area (TPSA) is 58.7 Å². The molecule has 1 atom stereocenters. The van der Waals surface area contributed by atoms with E-state index in [1.165, 1.54) is 11.3 Å². The lowest BCUT2D eigenvalue weighted by molar-refractivity contribution is 0.372. The third-order valence-electron chi connectivity index (χ3n) is 4.11. The van der Waals surface area contributed by atoms with Crippen molar-refractivity contribution in [3.05, 3.63) is 53.6 Å². The Hall–Kier alpha value is -2.20. The van der Waals surface area contributed by atoms with Gasteiger partial charge in [0.05, 0.1) is 13.2 Å². The SMILES string of the molecule is COc1ccc(C(CN)N2CCc3ccccc32)cc1O. The number of benzene rings is 2. The van der Waals surface area contributed by atoms with Gasteiger partial charge in [-0.2, -0.15) is 0 Å². The summed E-state index contributed by atoms with van der Waals surface area (Å²) in [6.07, 6.45) is 1.04. The number of aromatic hydroxyl groups is 1. The van der Waals surface area contributed by atoms with E-state index in [-0.39, 0.29) is 11.8 Å². The molecule has 2 aromatic rings. The van der Waals surface area contributed by atoms with Crippen LogP contribution < -0.4 is 15.4 Å². The Labute approximate surface area is 124 Å². The van der Waals surface area contributed by atoms with Crippen LogP contribution in [0.4, 0.5) is 5.69 Å². The number of anilines is 1. The zero-order chi connectivity index (χ0) is 14.8. The van der Waals surface area contributed by atoms with Crippen molar-refractivity contribution >= 4 is 5.69 Å². The number of rotatable bonds is 4. The molecule has 21 heavy (non-hydrogen) atoms. The van der Waals surface area contributed by atoms with E-state index in [0.717, 1.165) is 18.5 Å². The largest absolute Gasteiger partial charge is 0.504 e. The van der Waals surface area contributed by atoms with E-state index in [2.05, 4.69) is 29.2 Å². The third kappa shape index (κ3) is 2.43. The van der Waals surface area contributed by atoms with Crippen LogP contribution in [0.25, 0.3) is 0 Å². The van der Waals surface area contributed by atoms with E-state index < -0.39 is 0 Å². The molecule has 110 valence electrons. The Balaban J connectivity index is 1.95. The van der Waals surface area contributed by atoms with Gasteiger partial charge in [-0.05, 0) is 35.7 Å². The van der Waals surface area contributed by atoms with Gasteiger partial charge < -0.3 is 20.5 Å². The number of nitrogens with two attached hydrogens (primary N) is 1. The minimum atomic E-state index is 0.0606. The van der Waals surface area contributed by atoms with E-state index in [1.54, 1.807) is 19.2 Å². The smallest absolute Gasteiger partial charge is 0.160 e. The Morgan fingerprint density at radius 2 is 2.10 bits per heavy atom. The van der Waals surface area contributed by atoms with Gasteiger partial charge in [-0.1, -0.05) is 24.3 Å². The summed E-state index contributed by atoms with van der Waals surface area (Å²) in [5.41, 5.74) is 9.61. The predicted molar refractivity (Wildman–Crippen MR) is 83.9 cm³/mol. The number of para-hydroxylation sites is 1. The van der Waals surface area contributed by atoms with Crippen LogP contribution in [0.5, 0.6) is 11.5 Å². The van der Waals surface area contributed by atoms with Crippen LogP contribution in [-0.2, 0) is 6.42 Å². The molecule has 4 nitrogen and oxygen atoms in total.